The van der Waals surface area contributed by atoms with E-state index in [2.05, 4.69) is 9.88 Å². The van der Waals surface area contributed by atoms with E-state index in [0.717, 1.165) is 30.7 Å². The highest BCUT2D eigenvalue weighted by atomic mass is 19.4. The van der Waals surface area contributed by atoms with Gasteiger partial charge < -0.3 is 13.9 Å². The van der Waals surface area contributed by atoms with Crippen molar-refractivity contribution < 1.29 is 31.9 Å². The molecule has 0 N–H and O–H groups in total. The predicted molar refractivity (Wildman–Crippen MR) is 118 cm³/mol. The Morgan fingerprint density at radius 3 is 2.62 bits per heavy atom. The van der Waals surface area contributed by atoms with Crippen molar-refractivity contribution >= 4 is 5.97 Å². The fourth-order valence-electron chi connectivity index (χ4n) is 3.85. The summed E-state index contributed by atoms with van der Waals surface area (Å²) in [5.41, 5.74) is 1.48. The van der Waals surface area contributed by atoms with E-state index in [4.69, 9.17) is 13.9 Å². The lowest BCUT2D eigenvalue weighted by atomic mass is 10.0. The number of likely N-dealkylation sites (tertiary alicyclic amines) is 1. The topological polar surface area (TPSA) is 64.8 Å². The molecule has 1 fully saturated rings. The number of carbonyl (C=O) groups excluding carboxylic acids is 1. The molecule has 3 aromatic rings. The van der Waals surface area contributed by atoms with Gasteiger partial charge in [-0.25, -0.2) is 4.98 Å². The molecule has 1 aliphatic rings. The van der Waals surface area contributed by atoms with Gasteiger partial charge in [0.1, 0.15) is 17.6 Å². The van der Waals surface area contributed by atoms with Gasteiger partial charge in [0, 0.05) is 25.1 Å². The zero-order chi connectivity index (χ0) is 24.3. The number of halogens is 3. The Hall–Kier alpha value is -3.33. The molecule has 1 unspecified atom stereocenters. The van der Waals surface area contributed by atoms with Gasteiger partial charge in [-0.15, -0.1) is 0 Å². The Morgan fingerprint density at radius 2 is 1.97 bits per heavy atom. The molecule has 1 aliphatic heterocycles. The number of nitrogens with zero attached hydrogens (tertiary/aromatic N) is 2. The van der Waals surface area contributed by atoms with Crippen LogP contribution in [0.2, 0.25) is 0 Å². The lowest BCUT2D eigenvalue weighted by molar-refractivity contribution is -0.152. The zero-order valence-electron chi connectivity index (χ0n) is 18.9. The van der Waals surface area contributed by atoms with Gasteiger partial charge in [-0.3, -0.25) is 9.69 Å². The summed E-state index contributed by atoms with van der Waals surface area (Å²) in [5.74, 6) is 1.37. The lowest BCUT2D eigenvalue weighted by Gasteiger charge is -2.38. The highest BCUT2D eigenvalue weighted by molar-refractivity contribution is 5.76. The minimum absolute atomic E-state index is 0.191. The molecule has 0 radical (unpaired) electrons. The van der Waals surface area contributed by atoms with Gasteiger partial charge in [0.05, 0.1) is 25.0 Å². The first-order chi connectivity index (χ1) is 16.2. The van der Waals surface area contributed by atoms with Crippen LogP contribution >= 0.6 is 0 Å². The van der Waals surface area contributed by atoms with Crippen LogP contribution in [0.4, 0.5) is 13.2 Å². The average Bonchev–Trinajstić information content (AvgIpc) is 3.17. The van der Waals surface area contributed by atoms with Crippen LogP contribution in [0.3, 0.4) is 0 Å². The molecule has 0 spiro atoms. The summed E-state index contributed by atoms with van der Waals surface area (Å²) < 4.78 is 54.7. The maximum absolute atomic E-state index is 12.8. The van der Waals surface area contributed by atoms with Crippen molar-refractivity contribution in [3.05, 3.63) is 71.1 Å². The fraction of sp³-hybridized carbons (Fsp3) is 0.360. The van der Waals surface area contributed by atoms with Crippen molar-refractivity contribution in [1.29, 1.82) is 0 Å². The maximum Gasteiger partial charge on any atom is 0.416 e. The number of ether oxygens (including phenoxy) is 2. The van der Waals surface area contributed by atoms with Crippen LogP contribution in [0.1, 0.15) is 29.0 Å². The Bertz CT molecular complexity index is 1140. The highest BCUT2D eigenvalue weighted by Gasteiger charge is 2.34. The van der Waals surface area contributed by atoms with E-state index in [-0.39, 0.29) is 17.9 Å². The molecule has 0 bridgehead atoms. The number of hydrogen-bond acceptors (Lipinski definition) is 6. The van der Waals surface area contributed by atoms with Crippen LogP contribution in [0, 0.1) is 6.92 Å². The predicted octanol–water partition coefficient (Wildman–Crippen LogP) is 5.04. The number of rotatable bonds is 8. The monoisotopic (exact) mass is 474 g/mol. The van der Waals surface area contributed by atoms with E-state index < -0.39 is 11.7 Å². The van der Waals surface area contributed by atoms with E-state index in [9.17, 15) is 18.0 Å². The number of methoxy groups -OCH3 is 1. The summed E-state index contributed by atoms with van der Waals surface area (Å²) in [5, 5.41) is 0. The molecule has 180 valence electrons. The van der Waals surface area contributed by atoms with Crippen LogP contribution in [0.5, 0.6) is 5.75 Å². The molecule has 0 amide bonds. The quantitative estimate of drug-likeness (QED) is 0.427. The number of benzene rings is 2. The molecule has 6 nitrogen and oxygen atoms in total. The molecule has 1 saturated heterocycles. The second kappa shape index (κ2) is 9.89. The maximum atomic E-state index is 12.8. The fourth-order valence-corrected chi connectivity index (χ4v) is 3.85. The van der Waals surface area contributed by atoms with E-state index in [1.54, 1.807) is 6.92 Å². The SMILES string of the molecule is COC(=O)C1CCN1Cc1cccc(OCCc2nc(-c3ccc(C(F)(F)F)cc3)oc2C)c1. The summed E-state index contributed by atoms with van der Waals surface area (Å²) in [4.78, 5) is 18.3. The van der Waals surface area contributed by atoms with E-state index in [0.29, 0.717) is 42.3 Å². The molecular weight excluding hydrogens is 449 g/mol. The molecule has 9 heteroatoms. The van der Waals surface area contributed by atoms with Crippen molar-refractivity contribution in [2.45, 2.75) is 38.5 Å². The molecule has 1 aromatic heterocycles. The summed E-state index contributed by atoms with van der Waals surface area (Å²) in [6.45, 7) is 3.60. The Kier molecular flexibility index (Phi) is 6.92. The summed E-state index contributed by atoms with van der Waals surface area (Å²) in [6, 6.07) is 12.2. The van der Waals surface area contributed by atoms with Crippen molar-refractivity contribution in [2.75, 3.05) is 20.3 Å². The summed E-state index contributed by atoms with van der Waals surface area (Å²) in [6.07, 6.45) is -3.10. The largest absolute Gasteiger partial charge is 0.493 e. The van der Waals surface area contributed by atoms with E-state index in [1.807, 2.05) is 24.3 Å². The third-order valence-electron chi connectivity index (χ3n) is 5.85. The van der Waals surface area contributed by atoms with Gasteiger partial charge in [-0.05, 0) is 55.3 Å². The molecule has 34 heavy (non-hydrogen) atoms. The second-order valence-corrected chi connectivity index (χ2v) is 8.14. The number of oxazole rings is 1. The van der Waals surface area contributed by atoms with Gasteiger partial charge in [0.15, 0.2) is 0 Å². The number of carbonyl (C=O) groups is 1. The smallest absolute Gasteiger partial charge is 0.416 e. The van der Waals surface area contributed by atoms with Gasteiger partial charge in [-0.2, -0.15) is 13.2 Å². The van der Waals surface area contributed by atoms with Crippen molar-refractivity contribution in [1.82, 2.24) is 9.88 Å². The minimum atomic E-state index is -4.39. The van der Waals surface area contributed by atoms with E-state index in [1.165, 1.54) is 19.2 Å². The molecule has 0 saturated carbocycles. The average molecular weight is 474 g/mol. The standard InChI is InChI=1S/C25H25F3N2O4/c1-16-21(29-23(34-16)18-6-8-19(9-7-18)25(26,27)28)11-13-33-20-5-3-4-17(14-20)15-30-12-10-22(30)24(31)32-2/h3-9,14,22H,10-13,15H2,1-2H3. The van der Waals surface area contributed by atoms with Gasteiger partial charge in [0.2, 0.25) is 5.89 Å². The number of aryl methyl sites for hydroxylation is 1. The summed E-state index contributed by atoms with van der Waals surface area (Å²) in [7, 11) is 1.40. The second-order valence-electron chi connectivity index (χ2n) is 8.14. The number of aromatic nitrogens is 1. The van der Waals surface area contributed by atoms with Crippen molar-refractivity contribution in [2.24, 2.45) is 0 Å². The first-order valence-electron chi connectivity index (χ1n) is 10.9. The molecule has 2 aromatic carbocycles. The van der Waals surface area contributed by atoms with Crippen molar-refractivity contribution in [3.63, 3.8) is 0 Å². The van der Waals surface area contributed by atoms with Gasteiger partial charge in [0.25, 0.3) is 0 Å². The van der Waals surface area contributed by atoms with Gasteiger partial charge >= 0.3 is 12.1 Å². The Labute approximate surface area is 195 Å². The third kappa shape index (κ3) is 5.41. The minimum Gasteiger partial charge on any atom is -0.493 e. The number of esters is 1. The highest BCUT2D eigenvalue weighted by Crippen LogP contribution is 2.31. The molecule has 0 aliphatic carbocycles. The van der Waals surface area contributed by atoms with Crippen LogP contribution in [-0.2, 0) is 28.7 Å². The van der Waals surface area contributed by atoms with Crippen molar-refractivity contribution in [3.8, 4) is 17.2 Å². The Morgan fingerprint density at radius 1 is 1.21 bits per heavy atom. The van der Waals surface area contributed by atoms with Crippen LogP contribution in [0.25, 0.3) is 11.5 Å². The van der Waals surface area contributed by atoms with Crippen LogP contribution in [0.15, 0.2) is 52.9 Å². The number of hydrogen-bond donors (Lipinski definition) is 0. The molecule has 2 heterocycles. The Balaban J connectivity index is 1.33. The van der Waals surface area contributed by atoms with Crippen LogP contribution < -0.4 is 4.74 Å². The van der Waals surface area contributed by atoms with E-state index >= 15 is 0 Å². The zero-order valence-corrected chi connectivity index (χ0v) is 18.9. The molecule has 4 rings (SSSR count). The normalized spacial score (nSPS) is 16.2. The first kappa shape index (κ1) is 23.8. The van der Waals surface area contributed by atoms with Crippen LogP contribution in [-0.4, -0.2) is 42.2 Å². The third-order valence-corrected chi connectivity index (χ3v) is 5.85. The van der Waals surface area contributed by atoms with Gasteiger partial charge in [-0.1, -0.05) is 12.1 Å². The number of alkyl halides is 3. The molecule has 1 atom stereocenters. The molecular formula is C25H25F3N2O4. The first-order valence-corrected chi connectivity index (χ1v) is 10.9. The lowest BCUT2D eigenvalue weighted by Crippen LogP contribution is -2.52. The summed E-state index contributed by atoms with van der Waals surface area (Å²) >= 11 is 0.